The quantitative estimate of drug-likeness (QED) is 0.748. The van der Waals surface area contributed by atoms with E-state index >= 15 is 0 Å². The molecule has 1 amide bonds. The maximum Gasteiger partial charge on any atom is 0.219 e. The van der Waals surface area contributed by atoms with Gasteiger partial charge < -0.3 is 15.2 Å². The first-order valence-corrected chi connectivity index (χ1v) is 8.83. The van der Waals surface area contributed by atoms with Crippen molar-refractivity contribution in [3.63, 3.8) is 0 Å². The van der Waals surface area contributed by atoms with Crippen LogP contribution in [0, 0.1) is 0 Å². The summed E-state index contributed by atoms with van der Waals surface area (Å²) in [5.41, 5.74) is 1.65. The predicted octanol–water partition coefficient (Wildman–Crippen LogP) is 4.51. The van der Waals surface area contributed by atoms with E-state index in [1.807, 2.05) is 32.1 Å². The zero-order chi connectivity index (χ0) is 19.1. The second-order valence-electron chi connectivity index (χ2n) is 5.99. The molecule has 1 aromatic carbocycles. The Kier molecular flexibility index (Phi) is 7.18. The Labute approximate surface area is 158 Å². The van der Waals surface area contributed by atoms with Crippen molar-refractivity contribution >= 4 is 23.6 Å². The normalized spacial score (nSPS) is 13.4. The molecule has 5 nitrogen and oxygen atoms in total. The van der Waals surface area contributed by atoms with Gasteiger partial charge in [-0.05, 0) is 42.7 Å². The van der Waals surface area contributed by atoms with Crippen LogP contribution in [0.25, 0.3) is 6.08 Å². The lowest BCUT2D eigenvalue weighted by Gasteiger charge is -2.11. The second kappa shape index (κ2) is 9.36. The summed E-state index contributed by atoms with van der Waals surface area (Å²) in [7, 11) is 0. The minimum atomic E-state index is -0.536. The molecule has 1 heterocycles. The molecule has 0 aliphatic heterocycles. The molecule has 2 atom stereocenters. The molecule has 0 spiro atoms. The van der Waals surface area contributed by atoms with E-state index in [2.05, 4.69) is 10.3 Å². The highest BCUT2D eigenvalue weighted by Crippen LogP contribution is 2.31. The van der Waals surface area contributed by atoms with E-state index in [-0.39, 0.29) is 11.9 Å². The number of halogens is 1. The number of rotatable bonds is 7. The summed E-state index contributed by atoms with van der Waals surface area (Å²) in [6.07, 6.45) is 5.52. The highest BCUT2D eigenvalue weighted by Gasteiger charge is 2.10. The van der Waals surface area contributed by atoms with Crippen molar-refractivity contribution in [2.45, 2.75) is 39.3 Å². The number of aliphatic hydroxyl groups is 1. The van der Waals surface area contributed by atoms with Crippen LogP contribution in [0.15, 0.2) is 42.6 Å². The molecule has 0 fully saturated rings. The van der Waals surface area contributed by atoms with Gasteiger partial charge in [0, 0.05) is 25.2 Å². The predicted molar refractivity (Wildman–Crippen MR) is 103 cm³/mol. The lowest BCUT2D eigenvalue weighted by Crippen LogP contribution is -2.28. The van der Waals surface area contributed by atoms with Crippen molar-refractivity contribution in [1.29, 1.82) is 0 Å². The molecule has 2 rings (SSSR count). The molecule has 26 heavy (non-hydrogen) atoms. The fourth-order valence-electron chi connectivity index (χ4n) is 2.33. The Balaban J connectivity index is 2.03. The molecule has 6 heteroatoms. The van der Waals surface area contributed by atoms with Gasteiger partial charge in [0.15, 0.2) is 0 Å². The summed E-state index contributed by atoms with van der Waals surface area (Å²) in [5, 5.41) is 13.1. The molecule has 0 saturated carbocycles. The SMILES string of the molecule is CCC(O)c1ccc(Oc2ccc(/C=C/[C@H](C)NC(C)=O)cn2)c(Cl)c1. The average Bonchev–Trinajstić information content (AvgIpc) is 2.61. The number of nitrogens with one attached hydrogen (secondary N) is 1. The van der Waals surface area contributed by atoms with Crippen LogP contribution in [0.4, 0.5) is 0 Å². The van der Waals surface area contributed by atoms with E-state index in [0.717, 1.165) is 11.1 Å². The molecule has 1 aromatic heterocycles. The zero-order valence-electron chi connectivity index (χ0n) is 15.1. The van der Waals surface area contributed by atoms with Gasteiger partial charge in [-0.2, -0.15) is 0 Å². The first-order valence-electron chi connectivity index (χ1n) is 8.45. The van der Waals surface area contributed by atoms with Gasteiger partial charge in [-0.3, -0.25) is 4.79 Å². The summed E-state index contributed by atoms with van der Waals surface area (Å²) in [5.74, 6) is 0.829. The van der Waals surface area contributed by atoms with E-state index < -0.39 is 6.10 Å². The van der Waals surface area contributed by atoms with Gasteiger partial charge in [0.2, 0.25) is 11.8 Å². The third-order valence-corrected chi connectivity index (χ3v) is 4.00. The van der Waals surface area contributed by atoms with Gasteiger partial charge in [-0.15, -0.1) is 0 Å². The Bertz CT molecular complexity index is 775. The summed E-state index contributed by atoms with van der Waals surface area (Å²) in [6, 6.07) is 8.76. The smallest absolute Gasteiger partial charge is 0.219 e. The van der Waals surface area contributed by atoms with Gasteiger partial charge in [0.05, 0.1) is 11.1 Å². The number of hydrogen-bond donors (Lipinski definition) is 2. The molecule has 0 aliphatic carbocycles. The van der Waals surface area contributed by atoms with Crippen LogP contribution in [0.5, 0.6) is 11.6 Å². The number of aliphatic hydroxyl groups excluding tert-OH is 1. The lowest BCUT2D eigenvalue weighted by atomic mass is 10.1. The van der Waals surface area contributed by atoms with Gasteiger partial charge in [0.1, 0.15) is 5.75 Å². The number of benzene rings is 1. The molecule has 2 aromatic rings. The fourth-order valence-corrected chi connectivity index (χ4v) is 2.56. The van der Waals surface area contributed by atoms with E-state index in [1.54, 1.807) is 30.5 Å². The number of pyridine rings is 1. The van der Waals surface area contributed by atoms with E-state index in [1.165, 1.54) is 6.92 Å². The average molecular weight is 375 g/mol. The van der Waals surface area contributed by atoms with Gasteiger partial charge in [-0.1, -0.05) is 36.7 Å². The first-order chi connectivity index (χ1) is 12.4. The van der Waals surface area contributed by atoms with Crippen LogP contribution in [0.2, 0.25) is 5.02 Å². The molecule has 0 aliphatic rings. The standard InChI is InChI=1S/C20H23ClN2O3/c1-4-18(25)16-8-9-19(17(21)11-16)26-20-10-7-15(12-22-20)6-5-13(2)23-14(3)24/h5-13,18,25H,4H2,1-3H3,(H,23,24)/b6-5+/t13-,18?/m0/s1. The number of ether oxygens (including phenoxy) is 1. The topological polar surface area (TPSA) is 71.5 Å². The molecular formula is C20H23ClN2O3. The summed E-state index contributed by atoms with van der Waals surface area (Å²) < 4.78 is 5.70. The summed E-state index contributed by atoms with van der Waals surface area (Å²) in [6.45, 7) is 5.28. The highest BCUT2D eigenvalue weighted by molar-refractivity contribution is 6.32. The number of carbonyl (C=O) groups excluding carboxylic acids is 1. The van der Waals surface area contributed by atoms with E-state index in [9.17, 15) is 9.90 Å². The third-order valence-electron chi connectivity index (χ3n) is 3.71. The minimum absolute atomic E-state index is 0.0563. The van der Waals surface area contributed by atoms with Crippen LogP contribution in [-0.2, 0) is 4.79 Å². The zero-order valence-corrected chi connectivity index (χ0v) is 15.8. The van der Waals surface area contributed by atoms with Crippen LogP contribution >= 0.6 is 11.6 Å². The first kappa shape index (κ1) is 19.9. The third kappa shape index (κ3) is 5.86. The van der Waals surface area contributed by atoms with Crippen molar-refractivity contribution in [3.8, 4) is 11.6 Å². The Morgan fingerprint density at radius 1 is 1.38 bits per heavy atom. The number of amides is 1. The van der Waals surface area contributed by atoms with Gasteiger partial charge >= 0.3 is 0 Å². The number of nitrogens with zero attached hydrogens (tertiary/aromatic N) is 1. The highest BCUT2D eigenvalue weighted by atomic mass is 35.5. The second-order valence-corrected chi connectivity index (χ2v) is 6.40. The van der Waals surface area contributed by atoms with Crippen LogP contribution in [0.1, 0.15) is 44.4 Å². The van der Waals surface area contributed by atoms with Crippen molar-refractivity contribution < 1.29 is 14.6 Å². The Morgan fingerprint density at radius 3 is 2.73 bits per heavy atom. The van der Waals surface area contributed by atoms with Crippen molar-refractivity contribution in [3.05, 3.63) is 58.8 Å². The molecule has 138 valence electrons. The number of carbonyl (C=O) groups is 1. The van der Waals surface area contributed by atoms with Crippen molar-refractivity contribution in [2.75, 3.05) is 0 Å². The molecule has 0 bridgehead atoms. The molecular weight excluding hydrogens is 352 g/mol. The summed E-state index contributed by atoms with van der Waals surface area (Å²) in [4.78, 5) is 15.2. The maximum atomic E-state index is 11.0. The van der Waals surface area contributed by atoms with Gasteiger partial charge in [0.25, 0.3) is 0 Å². The number of hydrogen-bond acceptors (Lipinski definition) is 4. The Morgan fingerprint density at radius 2 is 2.15 bits per heavy atom. The number of aromatic nitrogens is 1. The molecule has 1 unspecified atom stereocenters. The lowest BCUT2D eigenvalue weighted by molar-refractivity contribution is -0.119. The van der Waals surface area contributed by atoms with Crippen LogP contribution in [0.3, 0.4) is 0 Å². The van der Waals surface area contributed by atoms with E-state index in [4.69, 9.17) is 16.3 Å². The van der Waals surface area contributed by atoms with Gasteiger partial charge in [-0.25, -0.2) is 4.98 Å². The largest absolute Gasteiger partial charge is 0.437 e. The van der Waals surface area contributed by atoms with Crippen LogP contribution < -0.4 is 10.1 Å². The fraction of sp³-hybridized carbons (Fsp3) is 0.300. The van der Waals surface area contributed by atoms with Crippen LogP contribution in [-0.4, -0.2) is 22.0 Å². The maximum absolute atomic E-state index is 11.0. The molecule has 2 N–H and O–H groups in total. The molecule has 0 saturated heterocycles. The summed E-state index contributed by atoms with van der Waals surface area (Å²) >= 11 is 6.23. The van der Waals surface area contributed by atoms with Crippen molar-refractivity contribution in [2.24, 2.45) is 0 Å². The monoisotopic (exact) mass is 374 g/mol. The van der Waals surface area contributed by atoms with Crippen molar-refractivity contribution in [1.82, 2.24) is 10.3 Å². The molecule has 0 radical (unpaired) electrons. The van der Waals surface area contributed by atoms with E-state index in [0.29, 0.717) is 23.1 Å². The Hall–Kier alpha value is -2.37. The minimum Gasteiger partial charge on any atom is -0.437 e.